The Hall–Kier alpha value is -0.0400. The third-order valence-corrected chi connectivity index (χ3v) is 4.60. The van der Waals surface area contributed by atoms with Crippen molar-refractivity contribution in [1.82, 2.24) is 0 Å². The van der Waals surface area contributed by atoms with E-state index in [0.29, 0.717) is 6.04 Å². The molecule has 2 N–H and O–H groups in total. The third-order valence-electron chi connectivity index (χ3n) is 4.60. The van der Waals surface area contributed by atoms with Crippen LogP contribution < -0.4 is 5.73 Å². The van der Waals surface area contributed by atoms with Crippen LogP contribution in [0.25, 0.3) is 0 Å². The van der Waals surface area contributed by atoms with Gasteiger partial charge in [0.05, 0.1) is 0 Å². The predicted octanol–water partition coefficient (Wildman–Crippen LogP) is 2.16. The summed E-state index contributed by atoms with van der Waals surface area (Å²) >= 11 is 0. The van der Waals surface area contributed by atoms with Crippen LogP contribution in [0, 0.1) is 23.7 Å². The molecule has 2 bridgehead atoms. The van der Waals surface area contributed by atoms with Crippen LogP contribution in [0.4, 0.5) is 0 Å². The van der Waals surface area contributed by atoms with E-state index in [1.807, 2.05) is 0 Å². The van der Waals surface area contributed by atoms with Gasteiger partial charge in [0.25, 0.3) is 0 Å². The number of nitrogens with two attached hydrogens (primary N) is 1. The van der Waals surface area contributed by atoms with Gasteiger partial charge in [-0.25, -0.2) is 0 Å². The first-order valence-corrected chi connectivity index (χ1v) is 5.58. The van der Waals surface area contributed by atoms with Gasteiger partial charge in [-0.2, -0.15) is 0 Å². The lowest BCUT2D eigenvalue weighted by Crippen LogP contribution is -2.34. The predicted molar refractivity (Wildman–Crippen MR) is 49.6 cm³/mol. The van der Waals surface area contributed by atoms with E-state index in [0.717, 1.165) is 23.7 Å². The van der Waals surface area contributed by atoms with Crippen molar-refractivity contribution in [3.63, 3.8) is 0 Å². The highest BCUT2D eigenvalue weighted by atomic mass is 14.7. The zero-order chi connectivity index (χ0) is 8.13. The molecular formula is C11H19N. The van der Waals surface area contributed by atoms with E-state index in [1.54, 1.807) is 6.42 Å². The number of fused-ring (bicyclic) bond motifs is 1. The first-order valence-electron chi connectivity index (χ1n) is 5.58. The quantitative estimate of drug-likeness (QED) is 0.585. The summed E-state index contributed by atoms with van der Waals surface area (Å²) in [7, 11) is 0. The average Bonchev–Trinajstić information content (AvgIpc) is 2.35. The average molecular weight is 165 g/mol. The molecule has 2 unspecified atom stereocenters. The minimum atomic E-state index is 0.537. The van der Waals surface area contributed by atoms with Crippen LogP contribution in [-0.4, -0.2) is 6.04 Å². The molecule has 0 amide bonds. The van der Waals surface area contributed by atoms with E-state index in [4.69, 9.17) is 5.73 Å². The fourth-order valence-electron chi connectivity index (χ4n) is 3.99. The maximum absolute atomic E-state index is 6.07. The second-order valence-electron chi connectivity index (χ2n) is 5.33. The first kappa shape index (κ1) is 7.37. The van der Waals surface area contributed by atoms with Gasteiger partial charge >= 0.3 is 0 Å². The van der Waals surface area contributed by atoms with E-state index in [1.165, 1.54) is 32.1 Å². The molecule has 68 valence electrons. The Morgan fingerprint density at radius 1 is 0.833 bits per heavy atom. The van der Waals surface area contributed by atoms with Crippen LogP contribution in [0.2, 0.25) is 0 Å². The molecule has 1 heteroatoms. The zero-order valence-corrected chi connectivity index (χ0v) is 7.71. The summed E-state index contributed by atoms with van der Waals surface area (Å²) in [6, 6.07) is 0.537. The number of hydrogen-bond donors (Lipinski definition) is 1. The molecule has 5 atom stereocenters. The van der Waals surface area contributed by atoms with Crippen LogP contribution in [0.15, 0.2) is 0 Å². The van der Waals surface area contributed by atoms with Crippen molar-refractivity contribution in [2.24, 2.45) is 29.4 Å². The molecule has 0 aliphatic heterocycles. The summed E-state index contributed by atoms with van der Waals surface area (Å²) in [5.74, 6) is 4.37. The molecule has 3 aliphatic carbocycles. The van der Waals surface area contributed by atoms with Crippen LogP contribution >= 0.6 is 0 Å². The Morgan fingerprint density at radius 3 is 2.67 bits per heavy atom. The third kappa shape index (κ3) is 0.953. The van der Waals surface area contributed by atoms with Crippen molar-refractivity contribution < 1.29 is 0 Å². The van der Waals surface area contributed by atoms with Gasteiger partial charge in [0, 0.05) is 6.04 Å². The van der Waals surface area contributed by atoms with Crippen LogP contribution in [-0.2, 0) is 0 Å². The van der Waals surface area contributed by atoms with Gasteiger partial charge < -0.3 is 5.73 Å². The second-order valence-corrected chi connectivity index (χ2v) is 5.33. The molecule has 0 saturated heterocycles. The second kappa shape index (κ2) is 2.47. The van der Waals surface area contributed by atoms with Gasteiger partial charge in [0.2, 0.25) is 0 Å². The summed E-state index contributed by atoms with van der Waals surface area (Å²) in [5, 5.41) is 0. The summed E-state index contributed by atoms with van der Waals surface area (Å²) in [6.07, 6.45) is 8.69. The molecular weight excluding hydrogens is 146 g/mol. The van der Waals surface area contributed by atoms with Crippen molar-refractivity contribution in [2.75, 3.05) is 0 Å². The molecule has 0 radical (unpaired) electrons. The highest BCUT2D eigenvalue weighted by Gasteiger charge is 2.48. The molecule has 3 aliphatic rings. The van der Waals surface area contributed by atoms with Gasteiger partial charge in [0.15, 0.2) is 0 Å². The topological polar surface area (TPSA) is 26.0 Å². The van der Waals surface area contributed by atoms with Gasteiger partial charge in [-0.3, -0.25) is 0 Å². The Kier molecular flexibility index (Phi) is 1.52. The number of rotatable bonds is 0. The Balaban J connectivity index is 1.78. The molecule has 0 heterocycles. The molecule has 1 nitrogen and oxygen atoms in total. The largest absolute Gasteiger partial charge is 0.328 e. The molecule has 0 aromatic heterocycles. The molecule has 0 aromatic carbocycles. The fraction of sp³-hybridized carbons (Fsp3) is 1.00. The molecule has 0 spiro atoms. The van der Waals surface area contributed by atoms with Gasteiger partial charge in [0.1, 0.15) is 0 Å². The number of hydrogen-bond acceptors (Lipinski definition) is 1. The minimum absolute atomic E-state index is 0.537. The molecule has 12 heavy (non-hydrogen) atoms. The minimum Gasteiger partial charge on any atom is -0.328 e. The summed E-state index contributed by atoms with van der Waals surface area (Å²) < 4.78 is 0. The zero-order valence-electron chi connectivity index (χ0n) is 7.71. The van der Waals surface area contributed by atoms with E-state index in [2.05, 4.69) is 0 Å². The smallest absolute Gasteiger partial charge is 0.00415 e. The van der Waals surface area contributed by atoms with Crippen molar-refractivity contribution in [2.45, 2.75) is 44.6 Å². The first-order chi connectivity index (χ1) is 5.83. The lowest BCUT2D eigenvalue weighted by molar-refractivity contribution is 0.0892. The lowest BCUT2D eigenvalue weighted by atomic mass is 9.64. The summed E-state index contributed by atoms with van der Waals surface area (Å²) in [4.78, 5) is 0. The van der Waals surface area contributed by atoms with E-state index in [9.17, 15) is 0 Å². The Bertz CT molecular complexity index is 187. The Labute approximate surface area is 74.7 Å². The van der Waals surface area contributed by atoms with Crippen molar-refractivity contribution in [1.29, 1.82) is 0 Å². The molecule has 0 aromatic rings. The van der Waals surface area contributed by atoms with E-state index < -0.39 is 0 Å². The van der Waals surface area contributed by atoms with E-state index >= 15 is 0 Å². The summed E-state index contributed by atoms with van der Waals surface area (Å²) in [5.41, 5.74) is 6.07. The molecule has 3 fully saturated rings. The van der Waals surface area contributed by atoms with Crippen LogP contribution in [0.3, 0.4) is 0 Å². The van der Waals surface area contributed by atoms with Crippen LogP contribution in [0.1, 0.15) is 38.5 Å². The molecule has 3 rings (SSSR count). The summed E-state index contributed by atoms with van der Waals surface area (Å²) in [6.45, 7) is 0. The van der Waals surface area contributed by atoms with Gasteiger partial charge in [-0.1, -0.05) is 0 Å². The maximum atomic E-state index is 6.07. The van der Waals surface area contributed by atoms with Gasteiger partial charge in [-0.15, -0.1) is 0 Å². The van der Waals surface area contributed by atoms with Crippen molar-refractivity contribution in [3.8, 4) is 0 Å². The maximum Gasteiger partial charge on any atom is 0.00415 e. The van der Waals surface area contributed by atoms with E-state index in [-0.39, 0.29) is 0 Å². The lowest BCUT2D eigenvalue weighted by Gasteiger charge is -2.41. The SMILES string of the molecule is N[C@H]1CC[C@H]2CC3C[C@@H](CC32)C1. The van der Waals surface area contributed by atoms with Crippen LogP contribution in [0.5, 0.6) is 0 Å². The van der Waals surface area contributed by atoms with Crippen molar-refractivity contribution >= 4 is 0 Å². The highest BCUT2D eigenvalue weighted by molar-refractivity contribution is 4.99. The fourth-order valence-corrected chi connectivity index (χ4v) is 3.99. The van der Waals surface area contributed by atoms with Gasteiger partial charge in [-0.05, 0) is 62.2 Å². The highest BCUT2D eigenvalue weighted by Crippen LogP contribution is 2.57. The Morgan fingerprint density at radius 2 is 1.75 bits per heavy atom. The van der Waals surface area contributed by atoms with Crippen molar-refractivity contribution in [3.05, 3.63) is 0 Å². The standard InChI is InChI=1S/C11H19N/c12-10-2-1-8-6-9-3-7(4-10)5-11(8)9/h7-11H,1-6,12H2/t7-,8+,9?,10+,11?/m1/s1. The normalized spacial score (nSPS) is 57.2. The monoisotopic (exact) mass is 165 g/mol. The molecule has 3 saturated carbocycles.